The van der Waals surface area contributed by atoms with Gasteiger partial charge in [-0.05, 0) is 27.8 Å². The number of hydrogen-bond acceptors (Lipinski definition) is 3. The maximum absolute atomic E-state index is 13.1. The summed E-state index contributed by atoms with van der Waals surface area (Å²) in [5, 5.41) is 13.5. The molecule has 3 aromatic carbocycles. The van der Waals surface area contributed by atoms with E-state index >= 15 is 0 Å². The second kappa shape index (κ2) is 8.39. The number of hydroxylamine groups is 2. The van der Waals surface area contributed by atoms with Gasteiger partial charge < -0.3 is 10.4 Å². The molecule has 0 aliphatic heterocycles. The van der Waals surface area contributed by atoms with Crippen LogP contribution in [0.25, 0.3) is 11.1 Å². The van der Waals surface area contributed by atoms with Crippen LogP contribution in [0, 0.1) is 0 Å². The van der Waals surface area contributed by atoms with Gasteiger partial charge in [-0.15, -0.1) is 0 Å². The van der Waals surface area contributed by atoms with Crippen LogP contribution in [-0.4, -0.2) is 35.3 Å². The van der Waals surface area contributed by atoms with Crippen molar-refractivity contribution in [1.82, 2.24) is 10.4 Å². The predicted molar refractivity (Wildman–Crippen MR) is 113 cm³/mol. The van der Waals surface area contributed by atoms with Gasteiger partial charge in [0.1, 0.15) is 12.1 Å². The van der Waals surface area contributed by atoms with E-state index in [1.807, 2.05) is 78.9 Å². The van der Waals surface area contributed by atoms with Crippen molar-refractivity contribution in [2.45, 2.75) is 18.5 Å². The lowest BCUT2D eigenvalue weighted by molar-refractivity contribution is -0.140. The van der Waals surface area contributed by atoms with E-state index in [4.69, 9.17) is 4.84 Å². The highest BCUT2D eigenvalue weighted by Gasteiger charge is 2.37. The van der Waals surface area contributed by atoms with Crippen LogP contribution >= 0.6 is 0 Å². The second-order valence-electron chi connectivity index (χ2n) is 7.12. The van der Waals surface area contributed by atoms with Gasteiger partial charge in [-0.2, -0.15) is 5.06 Å². The Morgan fingerprint density at radius 2 is 1.47 bits per heavy atom. The van der Waals surface area contributed by atoms with Crippen LogP contribution in [0.1, 0.15) is 22.7 Å². The molecule has 0 spiro atoms. The smallest absolute Gasteiger partial charge is 0.342 e. The average molecular weight is 402 g/mol. The molecule has 3 aromatic rings. The maximum atomic E-state index is 13.1. The molecule has 4 rings (SSSR count). The summed E-state index contributed by atoms with van der Waals surface area (Å²) in [4.78, 5) is 30.4. The highest BCUT2D eigenvalue weighted by atomic mass is 16.7. The molecule has 0 unspecified atom stereocenters. The topological polar surface area (TPSA) is 78.9 Å². The maximum Gasteiger partial charge on any atom is 0.342 e. The van der Waals surface area contributed by atoms with Crippen molar-refractivity contribution < 1.29 is 19.5 Å². The Morgan fingerprint density at radius 3 is 2.00 bits per heavy atom. The Balaban J connectivity index is 1.62. The van der Waals surface area contributed by atoms with E-state index in [9.17, 15) is 14.7 Å². The molecular formula is C24H22N2O4. The van der Waals surface area contributed by atoms with Gasteiger partial charge in [-0.3, -0.25) is 4.84 Å². The molecule has 2 amide bonds. The number of aliphatic carboxylic acids is 1. The molecule has 0 fully saturated rings. The zero-order valence-electron chi connectivity index (χ0n) is 16.5. The third-order valence-corrected chi connectivity index (χ3v) is 5.31. The summed E-state index contributed by atoms with van der Waals surface area (Å²) in [7, 11) is 1.41. The fraction of sp³-hybridized carbons (Fsp3) is 0.167. The third kappa shape index (κ3) is 3.65. The molecule has 0 saturated heterocycles. The number of carboxylic acids is 1. The van der Waals surface area contributed by atoms with E-state index in [1.54, 1.807) is 0 Å². The zero-order valence-corrected chi connectivity index (χ0v) is 16.5. The lowest BCUT2D eigenvalue weighted by Crippen LogP contribution is -2.49. The number of nitrogens with zero attached hydrogens (tertiary/aromatic N) is 1. The van der Waals surface area contributed by atoms with Crippen molar-refractivity contribution in [1.29, 1.82) is 0 Å². The predicted octanol–water partition coefficient (Wildman–Crippen LogP) is 4.03. The van der Waals surface area contributed by atoms with E-state index in [1.165, 1.54) is 12.2 Å². The number of urea groups is 1. The minimum atomic E-state index is -1.10. The van der Waals surface area contributed by atoms with E-state index < -0.39 is 24.1 Å². The van der Waals surface area contributed by atoms with E-state index in [0.29, 0.717) is 0 Å². The van der Waals surface area contributed by atoms with Crippen molar-refractivity contribution in [2.75, 3.05) is 7.11 Å². The van der Waals surface area contributed by atoms with E-state index in [0.717, 1.165) is 27.8 Å². The summed E-state index contributed by atoms with van der Waals surface area (Å²) in [5.41, 5.74) is 4.76. The molecule has 0 saturated carbocycles. The summed E-state index contributed by atoms with van der Waals surface area (Å²) < 4.78 is 0. The van der Waals surface area contributed by atoms with E-state index in [2.05, 4.69) is 5.32 Å². The molecule has 152 valence electrons. The van der Waals surface area contributed by atoms with Gasteiger partial charge in [0.15, 0.2) is 0 Å². The Labute approximate surface area is 174 Å². The Morgan fingerprint density at radius 1 is 0.933 bits per heavy atom. The van der Waals surface area contributed by atoms with Crippen molar-refractivity contribution in [2.24, 2.45) is 0 Å². The van der Waals surface area contributed by atoms with Crippen LogP contribution in [0.4, 0.5) is 4.79 Å². The first-order valence-electron chi connectivity index (χ1n) is 9.69. The Hall–Kier alpha value is -3.64. The molecule has 2 N–H and O–H groups in total. The lowest BCUT2D eigenvalue weighted by Gasteiger charge is -2.29. The number of amides is 2. The van der Waals surface area contributed by atoms with Gasteiger partial charge >= 0.3 is 12.0 Å². The van der Waals surface area contributed by atoms with Gasteiger partial charge in [-0.1, -0.05) is 78.9 Å². The summed E-state index contributed by atoms with van der Waals surface area (Å²) >= 11 is 0. The van der Waals surface area contributed by atoms with Gasteiger partial charge in [0.05, 0.1) is 7.11 Å². The second-order valence-corrected chi connectivity index (χ2v) is 7.12. The number of rotatable bonds is 6. The largest absolute Gasteiger partial charge is 0.480 e. The van der Waals surface area contributed by atoms with Crippen LogP contribution < -0.4 is 5.32 Å². The quantitative estimate of drug-likeness (QED) is 0.611. The Kier molecular flexibility index (Phi) is 5.50. The fourth-order valence-electron chi connectivity index (χ4n) is 3.95. The molecule has 6 nitrogen and oxygen atoms in total. The van der Waals surface area contributed by atoms with Crippen molar-refractivity contribution in [3.05, 3.63) is 95.6 Å². The van der Waals surface area contributed by atoms with Crippen LogP contribution in [0.3, 0.4) is 0 Å². The first kappa shape index (κ1) is 19.7. The molecule has 1 aliphatic carbocycles. The minimum absolute atomic E-state index is 0.178. The molecule has 1 atom stereocenters. The number of carbonyl (C=O) groups excluding carboxylic acids is 1. The highest BCUT2D eigenvalue weighted by Crippen LogP contribution is 2.46. The first-order chi connectivity index (χ1) is 14.6. The highest BCUT2D eigenvalue weighted by molar-refractivity contribution is 5.85. The van der Waals surface area contributed by atoms with Gasteiger partial charge in [-0.25, -0.2) is 9.59 Å². The monoisotopic (exact) mass is 402 g/mol. The van der Waals surface area contributed by atoms with Gasteiger partial charge in [0, 0.05) is 6.42 Å². The van der Waals surface area contributed by atoms with E-state index in [-0.39, 0.29) is 6.42 Å². The number of hydrogen-bond donors (Lipinski definition) is 2. The zero-order chi connectivity index (χ0) is 21.1. The Bertz CT molecular complexity index is 1020. The normalized spacial score (nSPS) is 13.2. The number of nitrogens with one attached hydrogen (secondary N) is 1. The fourth-order valence-corrected chi connectivity index (χ4v) is 3.95. The van der Waals surface area contributed by atoms with Gasteiger partial charge in [0.25, 0.3) is 0 Å². The SMILES string of the molecule is CON(C(=O)N[C@@H](Cc1ccccc1)C(=O)O)C1c2ccccc2-c2ccccc21. The number of fused-ring (bicyclic) bond motifs is 3. The summed E-state index contributed by atoms with van der Waals surface area (Å²) in [6.45, 7) is 0. The van der Waals surface area contributed by atoms with Crippen molar-refractivity contribution >= 4 is 12.0 Å². The number of benzene rings is 3. The summed E-state index contributed by atoms with van der Waals surface area (Å²) in [6, 6.07) is 22.7. The lowest BCUT2D eigenvalue weighted by atomic mass is 10.0. The average Bonchev–Trinajstić information content (AvgIpc) is 3.09. The van der Waals surface area contributed by atoms with Crippen molar-refractivity contribution in [3.63, 3.8) is 0 Å². The van der Waals surface area contributed by atoms with Crippen LogP contribution in [0.15, 0.2) is 78.9 Å². The summed E-state index contributed by atoms with van der Waals surface area (Å²) in [5.74, 6) is -1.10. The van der Waals surface area contributed by atoms with Crippen LogP contribution in [0.5, 0.6) is 0 Å². The molecule has 30 heavy (non-hydrogen) atoms. The number of carboxylic acid groups (broad SMARTS) is 1. The molecule has 0 radical (unpaired) electrons. The van der Waals surface area contributed by atoms with Gasteiger partial charge in [0.2, 0.25) is 0 Å². The van der Waals surface area contributed by atoms with Crippen LogP contribution in [0.2, 0.25) is 0 Å². The molecule has 1 aliphatic rings. The molecular weight excluding hydrogens is 380 g/mol. The van der Waals surface area contributed by atoms with Crippen LogP contribution in [-0.2, 0) is 16.1 Å². The van der Waals surface area contributed by atoms with Crippen molar-refractivity contribution in [3.8, 4) is 11.1 Å². The molecule has 6 heteroatoms. The molecule has 0 bridgehead atoms. The summed E-state index contributed by atoms with van der Waals surface area (Å²) in [6.07, 6.45) is 0.178. The minimum Gasteiger partial charge on any atom is -0.480 e. The first-order valence-corrected chi connectivity index (χ1v) is 9.69. The molecule has 0 aromatic heterocycles. The standard InChI is InChI=1S/C24H22N2O4/c1-30-26(24(29)25-21(23(27)28)15-16-9-3-2-4-10-16)22-19-13-7-5-11-17(19)18-12-6-8-14-20(18)22/h2-14,21-22H,15H2,1H3,(H,25,29)(H,27,28)/t21-/m0/s1. The number of carbonyl (C=O) groups is 2. The third-order valence-electron chi connectivity index (χ3n) is 5.31. The molecule has 0 heterocycles.